The van der Waals surface area contributed by atoms with Crippen LogP contribution in [0.5, 0.6) is 0 Å². The second kappa shape index (κ2) is 7.07. The maximum absolute atomic E-state index is 4.57. The average Bonchev–Trinajstić information content (AvgIpc) is 2.83. The van der Waals surface area contributed by atoms with E-state index in [2.05, 4.69) is 55.0 Å². The molecular formula is C17H29N3. The highest BCUT2D eigenvalue weighted by atomic mass is 15.2. The first-order valence-corrected chi connectivity index (χ1v) is 8.00. The fraction of sp³-hybridized carbons (Fsp3) is 0.706. The Labute approximate surface area is 123 Å². The second-order valence-electron chi connectivity index (χ2n) is 6.76. The van der Waals surface area contributed by atoms with Crippen LogP contribution < -0.4 is 5.32 Å². The summed E-state index contributed by atoms with van der Waals surface area (Å²) in [5, 5.41) is 3.53. The van der Waals surface area contributed by atoms with E-state index in [4.69, 9.17) is 0 Å². The first-order valence-electron chi connectivity index (χ1n) is 8.00. The second-order valence-corrected chi connectivity index (χ2v) is 6.76. The molecule has 2 rings (SSSR count). The lowest BCUT2D eigenvalue weighted by Gasteiger charge is -2.27. The van der Waals surface area contributed by atoms with E-state index in [1.165, 1.54) is 31.5 Å². The molecule has 1 aromatic heterocycles. The fourth-order valence-corrected chi connectivity index (χ4v) is 3.00. The number of likely N-dealkylation sites (tertiary alicyclic amines) is 1. The molecule has 20 heavy (non-hydrogen) atoms. The van der Waals surface area contributed by atoms with Crippen LogP contribution in [0, 0.1) is 11.8 Å². The van der Waals surface area contributed by atoms with Crippen molar-refractivity contribution in [3.05, 3.63) is 23.9 Å². The Bertz CT molecular complexity index is 414. The maximum Gasteiger partial charge on any atom is 0.130 e. The van der Waals surface area contributed by atoms with Crippen molar-refractivity contribution >= 4 is 5.82 Å². The number of nitrogens with zero attached hydrogens (tertiary/aromatic N) is 2. The van der Waals surface area contributed by atoms with Gasteiger partial charge in [-0.05, 0) is 37.3 Å². The van der Waals surface area contributed by atoms with Gasteiger partial charge in [-0.1, -0.05) is 33.8 Å². The normalized spacial score (nSPS) is 20.0. The molecule has 1 atom stereocenters. The zero-order valence-corrected chi connectivity index (χ0v) is 13.4. The summed E-state index contributed by atoms with van der Waals surface area (Å²) < 4.78 is 0. The van der Waals surface area contributed by atoms with Crippen molar-refractivity contribution in [1.82, 2.24) is 9.88 Å². The zero-order valence-electron chi connectivity index (χ0n) is 13.4. The SMILES string of the molecule is CC(C)CNc1ncccc1C1CCCN1CC(C)C. The molecule has 0 saturated carbocycles. The molecule has 0 amide bonds. The number of anilines is 1. The van der Waals surface area contributed by atoms with Crippen LogP contribution in [0.1, 0.15) is 52.1 Å². The van der Waals surface area contributed by atoms with Crippen LogP contribution in [0.15, 0.2) is 18.3 Å². The number of nitrogens with one attached hydrogen (secondary N) is 1. The standard InChI is InChI=1S/C17H29N3/c1-13(2)11-19-17-15(7-5-9-18-17)16-8-6-10-20(16)12-14(3)4/h5,7,9,13-14,16H,6,8,10-12H2,1-4H3,(H,18,19). The highest BCUT2D eigenvalue weighted by molar-refractivity contribution is 5.46. The van der Waals surface area contributed by atoms with Crippen molar-refractivity contribution in [2.45, 2.75) is 46.6 Å². The Hall–Kier alpha value is -1.09. The molecule has 0 spiro atoms. The van der Waals surface area contributed by atoms with E-state index in [-0.39, 0.29) is 0 Å². The highest BCUT2D eigenvalue weighted by Gasteiger charge is 2.28. The van der Waals surface area contributed by atoms with Gasteiger partial charge in [-0.15, -0.1) is 0 Å². The molecule has 1 unspecified atom stereocenters. The third-order valence-electron chi connectivity index (χ3n) is 3.84. The zero-order chi connectivity index (χ0) is 14.5. The van der Waals surface area contributed by atoms with Crippen LogP contribution in [-0.4, -0.2) is 29.5 Å². The molecule has 1 aromatic rings. The van der Waals surface area contributed by atoms with Gasteiger partial charge in [0.25, 0.3) is 0 Å². The molecule has 1 aliphatic rings. The molecule has 2 heterocycles. The summed E-state index contributed by atoms with van der Waals surface area (Å²) in [5.41, 5.74) is 1.38. The minimum atomic E-state index is 0.542. The summed E-state index contributed by atoms with van der Waals surface area (Å²) >= 11 is 0. The third kappa shape index (κ3) is 3.95. The first kappa shape index (κ1) is 15.3. The summed E-state index contributed by atoms with van der Waals surface area (Å²) in [7, 11) is 0. The molecule has 1 saturated heterocycles. The summed E-state index contributed by atoms with van der Waals surface area (Å²) in [6, 6.07) is 4.86. The molecule has 1 N–H and O–H groups in total. The van der Waals surface area contributed by atoms with Crippen molar-refractivity contribution in [3.63, 3.8) is 0 Å². The average molecular weight is 275 g/mol. The highest BCUT2D eigenvalue weighted by Crippen LogP contribution is 2.35. The third-order valence-corrected chi connectivity index (χ3v) is 3.84. The van der Waals surface area contributed by atoms with Crippen molar-refractivity contribution in [2.24, 2.45) is 11.8 Å². The molecule has 1 aliphatic heterocycles. The van der Waals surface area contributed by atoms with E-state index < -0.39 is 0 Å². The molecule has 0 radical (unpaired) electrons. The van der Waals surface area contributed by atoms with Crippen LogP contribution in [0.3, 0.4) is 0 Å². The van der Waals surface area contributed by atoms with Crippen molar-refractivity contribution < 1.29 is 0 Å². The van der Waals surface area contributed by atoms with Crippen LogP contribution in [0.25, 0.3) is 0 Å². The lowest BCUT2D eigenvalue weighted by atomic mass is 10.0. The number of pyridine rings is 1. The van der Waals surface area contributed by atoms with Gasteiger partial charge in [0.15, 0.2) is 0 Å². The lowest BCUT2D eigenvalue weighted by Crippen LogP contribution is -2.28. The summed E-state index contributed by atoms with van der Waals surface area (Å²) in [6.45, 7) is 12.5. The van der Waals surface area contributed by atoms with Crippen molar-refractivity contribution in [2.75, 3.05) is 25.0 Å². The van der Waals surface area contributed by atoms with E-state index in [9.17, 15) is 0 Å². The van der Waals surface area contributed by atoms with Crippen LogP contribution in [0.2, 0.25) is 0 Å². The van der Waals surface area contributed by atoms with E-state index in [0.717, 1.165) is 18.3 Å². The van der Waals surface area contributed by atoms with E-state index in [1.54, 1.807) is 0 Å². The van der Waals surface area contributed by atoms with Crippen LogP contribution in [0.4, 0.5) is 5.82 Å². The van der Waals surface area contributed by atoms with Gasteiger partial charge in [0.1, 0.15) is 5.82 Å². The minimum Gasteiger partial charge on any atom is -0.370 e. The number of hydrogen-bond acceptors (Lipinski definition) is 3. The Kier molecular flexibility index (Phi) is 5.41. The molecular weight excluding hydrogens is 246 g/mol. The van der Waals surface area contributed by atoms with Gasteiger partial charge in [-0.3, -0.25) is 4.90 Å². The van der Waals surface area contributed by atoms with E-state index >= 15 is 0 Å². The van der Waals surface area contributed by atoms with Gasteiger partial charge < -0.3 is 5.32 Å². The molecule has 0 aliphatic carbocycles. The lowest BCUT2D eigenvalue weighted by molar-refractivity contribution is 0.229. The smallest absolute Gasteiger partial charge is 0.130 e. The number of hydrogen-bond donors (Lipinski definition) is 1. The van der Waals surface area contributed by atoms with Gasteiger partial charge >= 0.3 is 0 Å². The van der Waals surface area contributed by atoms with Crippen LogP contribution >= 0.6 is 0 Å². The number of rotatable bonds is 6. The quantitative estimate of drug-likeness (QED) is 0.852. The Balaban J connectivity index is 2.14. The number of aromatic nitrogens is 1. The predicted octanol–water partition coefficient (Wildman–Crippen LogP) is 3.94. The Morgan fingerprint density at radius 1 is 1.30 bits per heavy atom. The maximum atomic E-state index is 4.57. The van der Waals surface area contributed by atoms with Crippen LogP contribution in [-0.2, 0) is 0 Å². The fourth-order valence-electron chi connectivity index (χ4n) is 3.00. The molecule has 0 aromatic carbocycles. The van der Waals surface area contributed by atoms with E-state index in [1.807, 2.05) is 6.20 Å². The predicted molar refractivity (Wildman–Crippen MR) is 86.0 cm³/mol. The van der Waals surface area contributed by atoms with Gasteiger partial charge in [0.2, 0.25) is 0 Å². The van der Waals surface area contributed by atoms with E-state index in [0.29, 0.717) is 12.0 Å². The molecule has 3 heteroatoms. The van der Waals surface area contributed by atoms with Gasteiger partial charge in [-0.25, -0.2) is 4.98 Å². The monoisotopic (exact) mass is 275 g/mol. The molecule has 1 fully saturated rings. The Morgan fingerprint density at radius 2 is 2.10 bits per heavy atom. The molecule has 0 bridgehead atoms. The minimum absolute atomic E-state index is 0.542. The van der Waals surface area contributed by atoms with Gasteiger partial charge in [-0.2, -0.15) is 0 Å². The largest absolute Gasteiger partial charge is 0.370 e. The Morgan fingerprint density at radius 3 is 2.80 bits per heavy atom. The first-order chi connectivity index (χ1) is 9.58. The van der Waals surface area contributed by atoms with Crippen molar-refractivity contribution in [1.29, 1.82) is 0 Å². The summed E-state index contributed by atoms with van der Waals surface area (Å²) in [6.07, 6.45) is 4.46. The van der Waals surface area contributed by atoms with Gasteiger partial charge in [0.05, 0.1) is 0 Å². The molecule has 112 valence electrons. The summed E-state index contributed by atoms with van der Waals surface area (Å²) in [4.78, 5) is 7.20. The van der Waals surface area contributed by atoms with Gasteiger partial charge in [0, 0.05) is 30.9 Å². The van der Waals surface area contributed by atoms with Crippen molar-refractivity contribution in [3.8, 4) is 0 Å². The molecule has 3 nitrogen and oxygen atoms in total. The topological polar surface area (TPSA) is 28.2 Å². The summed E-state index contributed by atoms with van der Waals surface area (Å²) in [5.74, 6) is 2.45.